The van der Waals surface area contributed by atoms with Gasteiger partial charge in [0.25, 0.3) is 0 Å². The van der Waals surface area contributed by atoms with Crippen molar-refractivity contribution in [3.8, 4) is 5.75 Å². The third kappa shape index (κ3) is 4.40. The number of ether oxygens (including phenoxy) is 1. The summed E-state index contributed by atoms with van der Waals surface area (Å²) in [6.07, 6.45) is 0.307. The molecule has 6 nitrogen and oxygen atoms in total. The number of benzene rings is 1. The molecular weight excluding hydrogens is 377 g/mol. The van der Waals surface area contributed by atoms with Gasteiger partial charge < -0.3 is 9.64 Å². The van der Waals surface area contributed by atoms with Crippen molar-refractivity contribution in [1.29, 1.82) is 0 Å². The zero-order valence-corrected chi connectivity index (χ0v) is 15.3. The van der Waals surface area contributed by atoms with E-state index in [0.717, 1.165) is 5.56 Å². The first-order chi connectivity index (χ1) is 11.3. The Balaban J connectivity index is 2.47. The van der Waals surface area contributed by atoms with Crippen molar-refractivity contribution < 1.29 is 22.7 Å². The molecule has 0 N–H and O–H groups in total. The maximum absolute atomic E-state index is 12.4. The van der Waals surface area contributed by atoms with Crippen LogP contribution in [0.4, 0.5) is 5.69 Å². The van der Waals surface area contributed by atoms with Crippen LogP contribution in [-0.2, 0) is 19.4 Å². The largest absolute Gasteiger partial charge is 0.423 e. The predicted octanol–water partition coefficient (Wildman–Crippen LogP) is 1.90. The van der Waals surface area contributed by atoms with Crippen LogP contribution in [0.2, 0.25) is 0 Å². The molecule has 1 aromatic rings. The molecule has 1 fully saturated rings. The molecule has 1 aromatic carbocycles. The summed E-state index contributed by atoms with van der Waals surface area (Å²) in [5.74, 6) is -1.76. The number of halogens is 2. The molecule has 1 heterocycles. The molecule has 1 atom stereocenters. The Labute approximate surface area is 150 Å². The van der Waals surface area contributed by atoms with Crippen molar-refractivity contribution in [2.75, 3.05) is 28.2 Å². The second kappa shape index (κ2) is 7.72. The van der Waals surface area contributed by atoms with Gasteiger partial charge in [-0.3, -0.25) is 9.59 Å². The molecule has 132 valence electrons. The fraction of sp³-hybridized carbons (Fsp3) is 0.467. The van der Waals surface area contributed by atoms with Crippen LogP contribution in [0.25, 0.3) is 0 Å². The fourth-order valence-corrected chi connectivity index (χ4v) is 4.51. The van der Waals surface area contributed by atoms with Crippen LogP contribution < -0.4 is 9.64 Å². The van der Waals surface area contributed by atoms with E-state index in [1.54, 1.807) is 18.2 Å². The predicted molar refractivity (Wildman–Crippen MR) is 92.8 cm³/mol. The van der Waals surface area contributed by atoms with Gasteiger partial charge in [0.1, 0.15) is 11.8 Å². The number of alkyl halides is 2. The van der Waals surface area contributed by atoms with E-state index in [0.29, 0.717) is 12.1 Å². The summed E-state index contributed by atoms with van der Waals surface area (Å²) >= 11 is 11.2. The molecule has 0 bridgehead atoms. The smallest absolute Gasteiger partial charge is 0.326 e. The topological polar surface area (TPSA) is 80.8 Å². The van der Waals surface area contributed by atoms with E-state index >= 15 is 0 Å². The lowest BCUT2D eigenvalue weighted by Crippen LogP contribution is -2.42. The van der Waals surface area contributed by atoms with Crippen LogP contribution in [-0.4, -0.2) is 49.6 Å². The highest BCUT2D eigenvalue weighted by molar-refractivity contribution is 7.91. The Morgan fingerprint density at radius 3 is 2.54 bits per heavy atom. The Hall–Kier alpha value is -1.31. The summed E-state index contributed by atoms with van der Waals surface area (Å²) in [6, 6.07) is 4.38. The highest BCUT2D eigenvalue weighted by Crippen LogP contribution is 2.34. The minimum Gasteiger partial charge on any atom is -0.423 e. The van der Waals surface area contributed by atoms with Crippen LogP contribution in [0.15, 0.2) is 18.2 Å². The highest BCUT2D eigenvalue weighted by Gasteiger charge is 2.36. The number of hydrogen-bond donors (Lipinski definition) is 0. The van der Waals surface area contributed by atoms with Crippen LogP contribution in [0.3, 0.4) is 0 Å². The van der Waals surface area contributed by atoms with Gasteiger partial charge in [0.2, 0.25) is 5.91 Å². The van der Waals surface area contributed by atoms with Crippen molar-refractivity contribution in [1.82, 2.24) is 0 Å². The maximum Gasteiger partial charge on any atom is 0.326 e. The summed E-state index contributed by atoms with van der Waals surface area (Å²) in [6.45, 7) is 1.81. The van der Waals surface area contributed by atoms with Gasteiger partial charge in [0.15, 0.2) is 15.6 Å². The first-order valence-electron chi connectivity index (χ1n) is 7.23. The van der Waals surface area contributed by atoms with E-state index in [2.05, 4.69) is 0 Å². The lowest BCUT2D eigenvalue weighted by molar-refractivity contribution is -0.131. The second-order valence-electron chi connectivity index (χ2n) is 5.53. The standard InChI is InChI=1S/C15H17Cl2NO5S/c1-10-2-3-13(23-15(20)8-17)12(6-10)18(14(19)7-16)11-4-5-24(21,22)9-11/h2-3,6,11H,4-5,7-9H2,1H3/t11-/m0/s1. The average Bonchev–Trinajstić information content (AvgIpc) is 2.89. The van der Waals surface area contributed by atoms with Crippen LogP contribution in [0.1, 0.15) is 12.0 Å². The quantitative estimate of drug-likeness (QED) is 0.433. The molecule has 0 saturated carbocycles. The van der Waals surface area contributed by atoms with Crippen molar-refractivity contribution in [3.63, 3.8) is 0 Å². The number of nitrogens with zero attached hydrogens (tertiary/aromatic N) is 1. The number of anilines is 1. The number of carbonyl (C=O) groups is 2. The number of rotatable bonds is 5. The van der Waals surface area contributed by atoms with E-state index in [9.17, 15) is 18.0 Å². The number of sulfone groups is 1. The Bertz CT molecular complexity index is 750. The van der Waals surface area contributed by atoms with Crippen molar-refractivity contribution in [2.45, 2.75) is 19.4 Å². The van der Waals surface area contributed by atoms with Crippen LogP contribution in [0, 0.1) is 6.92 Å². The summed E-state index contributed by atoms with van der Waals surface area (Å²) in [7, 11) is -3.21. The monoisotopic (exact) mass is 393 g/mol. The zero-order chi connectivity index (χ0) is 17.9. The summed E-state index contributed by atoms with van der Waals surface area (Å²) in [5, 5.41) is 0. The van der Waals surface area contributed by atoms with Gasteiger partial charge in [-0.2, -0.15) is 0 Å². The van der Waals surface area contributed by atoms with Crippen molar-refractivity contribution in [3.05, 3.63) is 23.8 Å². The van der Waals surface area contributed by atoms with E-state index in [1.807, 2.05) is 6.92 Å². The molecule has 0 aliphatic carbocycles. The third-order valence-electron chi connectivity index (χ3n) is 3.66. The molecule has 0 spiro atoms. The molecule has 1 aliphatic rings. The van der Waals surface area contributed by atoms with Crippen LogP contribution in [0.5, 0.6) is 5.75 Å². The second-order valence-corrected chi connectivity index (χ2v) is 8.30. The molecule has 0 radical (unpaired) electrons. The lowest BCUT2D eigenvalue weighted by atomic mass is 10.1. The number of carbonyl (C=O) groups excluding carboxylic acids is 2. The number of esters is 1. The first kappa shape index (κ1) is 19.0. The molecule has 24 heavy (non-hydrogen) atoms. The zero-order valence-electron chi connectivity index (χ0n) is 13.0. The Morgan fingerprint density at radius 1 is 1.29 bits per heavy atom. The fourth-order valence-electron chi connectivity index (χ4n) is 2.63. The van der Waals surface area contributed by atoms with Gasteiger partial charge in [0, 0.05) is 0 Å². The minimum atomic E-state index is -3.21. The van der Waals surface area contributed by atoms with Gasteiger partial charge in [0.05, 0.1) is 23.2 Å². The van der Waals surface area contributed by atoms with Gasteiger partial charge >= 0.3 is 5.97 Å². The molecule has 0 unspecified atom stereocenters. The van der Waals surface area contributed by atoms with Gasteiger partial charge in [-0.25, -0.2) is 8.42 Å². The number of hydrogen-bond acceptors (Lipinski definition) is 5. The number of aryl methyl sites for hydroxylation is 1. The minimum absolute atomic E-state index is 0.00630. The summed E-state index contributed by atoms with van der Waals surface area (Å²) < 4.78 is 28.8. The molecule has 2 rings (SSSR count). The molecule has 1 aliphatic heterocycles. The summed E-state index contributed by atoms with van der Waals surface area (Å²) in [5.41, 5.74) is 1.14. The Morgan fingerprint density at radius 2 is 2.00 bits per heavy atom. The molecule has 9 heteroatoms. The molecule has 1 saturated heterocycles. The van der Waals surface area contributed by atoms with Gasteiger partial charge in [-0.1, -0.05) is 6.07 Å². The highest BCUT2D eigenvalue weighted by atomic mass is 35.5. The molecule has 1 amide bonds. The maximum atomic E-state index is 12.4. The SMILES string of the molecule is Cc1ccc(OC(=O)CCl)c(N(C(=O)CCl)[C@H]2CCS(=O)(=O)C2)c1. The third-order valence-corrected chi connectivity index (χ3v) is 5.86. The van der Waals surface area contributed by atoms with E-state index < -0.39 is 27.8 Å². The van der Waals surface area contributed by atoms with E-state index in [4.69, 9.17) is 27.9 Å². The van der Waals surface area contributed by atoms with Crippen molar-refractivity contribution in [2.24, 2.45) is 0 Å². The first-order valence-corrected chi connectivity index (χ1v) is 10.1. The van der Waals surface area contributed by atoms with Gasteiger partial charge in [-0.15, -0.1) is 23.2 Å². The Kier molecular flexibility index (Phi) is 6.11. The lowest BCUT2D eigenvalue weighted by Gasteiger charge is -2.29. The van der Waals surface area contributed by atoms with Crippen molar-refractivity contribution >= 4 is 50.6 Å². The van der Waals surface area contributed by atoms with E-state index in [1.165, 1.54) is 4.90 Å². The van der Waals surface area contributed by atoms with Crippen LogP contribution >= 0.6 is 23.2 Å². The van der Waals surface area contributed by atoms with E-state index in [-0.39, 0.29) is 29.0 Å². The summed E-state index contributed by atoms with van der Waals surface area (Å²) in [4.78, 5) is 25.2. The van der Waals surface area contributed by atoms with Gasteiger partial charge in [-0.05, 0) is 31.0 Å². The molecular formula is C15H17Cl2NO5S. The normalized spacial score (nSPS) is 19.0. The number of amides is 1. The molecule has 0 aromatic heterocycles. The average molecular weight is 394 g/mol.